The lowest BCUT2D eigenvalue weighted by molar-refractivity contribution is 0.797. The van der Waals surface area contributed by atoms with E-state index in [4.69, 9.17) is 0 Å². The summed E-state index contributed by atoms with van der Waals surface area (Å²) < 4.78 is 0. The van der Waals surface area contributed by atoms with Gasteiger partial charge in [0.2, 0.25) is 0 Å². The van der Waals surface area contributed by atoms with Crippen LogP contribution in [0.15, 0.2) is 35.3 Å². The largest absolute Gasteiger partial charge is 0.265 e. The Balaban J connectivity index is 2.23. The third-order valence-electron chi connectivity index (χ3n) is 1.56. The molecule has 0 saturated heterocycles. The van der Waals surface area contributed by atoms with Gasteiger partial charge in [0.05, 0.1) is 5.69 Å². The fourth-order valence-corrected chi connectivity index (χ4v) is 1.03. The molecular formula is C8H9N3. The molecule has 3 nitrogen and oxygen atoms in total. The Morgan fingerprint density at radius 3 is 2.73 bits per heavy atom. The number of anilines is 1. The number of rotatable bonds is 1. The molecule has 0 saturated carbocycles. The molecule has 56 valence electrons. The summed E-state index contributed by atoms with van der Waals surface area (Å²) >= 11 is 0. The molecule has 0 unspecified atom stereocenters. The number of benzene rings is 1. The molecule has 0 amide bonds. The summed E-state index contributed by atoms with van der Waals surface area (Å²) in [5.41, 5.74) is 4.20. The van der Waals surface area contributed by atoms with E-state index in [0.29, 0.717) is 6.67 Å². The van der Waals surface area contributed by atoms with Crippen molar-refractivity contribution in [2.24, 2.45) is 4.99 Å². The minimum absolute atomic E-state index is 0.675. The Morgan fingerprint density at radius 2 is 2.09 bits per heavy atom. The summed E-state index contributed by atoms with van der Waals surface area (Å²) in [5.74, 6) is 0. The molecule has 1 aromatic rings. The second-order valence-electron chi connectivity index (χ2n) is 2.32. The highest BCUT2D eigenvalue weighted by Gasteiger charge is 2.04. The average molecular weight is 147 g/mol. The van der Waals surface area contributed by atoms with E-state index >= 15 is 0 Å². The summed E-state index contributed by atoms with van der Waals surface area (Å²) in [6.45, 7) is 0.675. The third kappa shape index (κ3) is 1.23. The molecule has 0 aliphatic carbocycles. The quantitative estimate of drug-likeness (QED) is 0.641. The van der Waals surface area contributed by atoms with Gasteiger partial charge < -0.3 is 0 Å². The van der Waals surface area contributed by atoms with Crippen LogP contribution in [0.25, 0.3) is 0 Å². The average Bonchev–Trinajstić information content (AvgIpc) is 2.58. The maximum atomic E-state index is 4.03. The topological polar surface area (TPSA) is 27.6 Å². The van der Waals surface area contributed by atoms with Crippen LogP contribution in [0.2, 0.25) is 0 Å². The van der Waals surface area contributed by atoms with E-state index in [2.05, 4.69) is 10.4 Å². The van der Waals surface area contributed by atoms with E-state index in [1.165, 1.54) is 0 Å². The highest BCUT2D eigenvalue weighted by molar-refractivity contribution is 5.79. The Hall–Kier alpha value is -1.35. The van der Waals surface area contributed by atoms with Crippen LogP contribution in [0.1, 0.15) is 0 Å². The second-order valence-corrected chi connectivity index (χ2v) is 2.32. The summed E-state index contributed by atoms with van der Waals surface area (Å²) in [4.78, 5) is 4.03. The zero-order valence-electron chi connectivity index (χ0n) is 6.07. The van der Waals surface area contributed by atoms with E-state index in [0.717, 1.165) is 5.69 Å². The van der Waals surface area contributed by atoms with Gasteiger partial charge in [-0.15, -0.1) is 0 Å². The Kier molecular flexibility index (Phi) is 1.57. The molecule has 11 heavy (non-hydrogen) atoms. The lowest BCUT2D eigenvalue weighted by Crippen LogP contribution is -2.30. The van der Waals surface area contributed by atoms with Crippen molar-refractivity contribution in [3.8, 4) is 0 Å². The van der Waals surface area contributed by atoms with Crippen LogP contribution in [0.3, 0.4) is 0 Å². The second kappa shape index (κ2) is 2.72. The number of para-hydroxylation sites is 1. The zero-order valence-corrected chi connectivity index (χ0v) is 6.07. The van der Waals surface area contributed by atoms with Crippen molar-refractivity contribution in [2.45, 2.75) is 0 Å². The van der Waals surface area contributed by atoms with E-state index in [1.54, 1.807) is 6.34 Å². The van der Waals surface area contributed by atoms with Crippen LogP contribution >= 0.6 is 0 Å². The molecule has 0 spiro atoms. The van der Waals surface area contributed by atoms with Gasteiger partial charge in [-0.05, 0) is 12.1 Å². The first-order chi connectivity index (χ1) is 5.47. The lowest BCUT2D eigenvalue weighted by Gasteiger charge is -2.13. The smallest absolute Gasteiger partial charge is 0.108 e. The highest BCUT2D eigenvalue weighted by Crippen LogP contribution is 2.10. The van der Waals surface area contributed by atoms with Gasteiger partial charge in [-0.25, -0.2) is 5.43 Å². The molecule has 1 aliphatic heterocycles. The molecule has 0 aromatic heterocycles. The molecule has 2 rings (SSSR count). The monoisotopic (exact) mass is 147 g/mol. The van der Waals surface area contributed by atoms with Crippen molar-refractivity contribution < 1.29 is 0 Å². The van der Waals surface area contributed by atoms with Crippen molar-refractivity contribution in [1.29, 1.82) is 0 Å². The van der Waals surface area contributed by atoms with Crippen LogP contribution in [0.5, 0.6) is 0 Å². The third-order valence-corrected chi connectivity index (χ3v) is 1.56. The minimum atomic E-state index is 0.675. The van der Waals surface area contributed by atoms with Gasteiger partial charge in [0, 0.05) is 0 Å². The summed E-state index contributed by atoms with van der Waals surface area (Å²) in [7, 11) is 0. The number of nitrogens with one attached hydrogen (secondary N) is 1. The predicted molar refractivity (Wildman–Crippen MR) is 45.4 cm³/mol. The van der Waals surface area contributed by atoms with Gasteiger partial charge in [0.1, 0.15) is 13.0 Å². The minimum Gasteiger partial charge on any atom is -0.265 e. The Labute approximate surface area is 65.3 Å². The zero-order chi connectivity index (χ0) is 7.52. The molecule has 1 aromatic carbocycles. The maximum absolute atomic E-state index is 4.03. The Bertz CT molecular complexity index is 255. The van der Waals surface area contributed by atoms with Gasteiger partial charge in [-0.3, -0.25) is 10.0 Å². The SMILES string of the molecule is C1=NCNN1c1ccccc1. The highest BCUT2D eigenvalue weighted by atomic mass is 15.6. The van der Waals surface area contributed by atoms with Gasteiger partial charge in [-0.1, -0.05) is 18.2 Å². The van der Waals surface area contributed by atoms with Crippen molar-refractivity contribution in [3.05, 3.63) is 30.3 Å². The number of hydrazine groups is 1. The molecule has 1 N–H and O–H groups in total. The number of aliphatic imine (C=N–C) groups is 1. The molecule has 0 fully saturated rings. The van der Waals surface area contributed by atoms with Crippen molar-refractivity contribution in [1.82, 2.24) is 5.43 Å². The molecule has 0 radical (unpaired) electrons. The fraction of sp³-hybridized carbons (Fsp3) is 0.125. The summed E-state index contributed by atoms with van der Waals surface area (Å²) in [6.07, 6.45) is 1.79. The van der Waals surface area contributed by atoms with E-state index in [9.17, 15) is 0 Å². The van der Waals surface area contributed by atoms with Gasteiger partial charge in [0.15, 0.2) is 0 Å². The lowest BCUT2D eigenvalue weighted by atomic mass is 10.3. The normalized spacial score (nSPS) is 15.8. The first-order valence-corrected chi connectivity index (χ1v) is 3.54. The molecule has 1 heterocycles. The molecular weight excluding hydrogens is 138 g/mol. The summed E-state index contributed by atoms with van der Waals surface area (Å²) in [5, 5.41) is 1.90. The number of hydrogen-bond acceptors (Lipinski definition) is 3. The van der Waals surface area contributed by atoms with Crippen molar-refractivity contribution >= 4 is 12.0 Å². The van der Waals surface area contributed by atoms with E-state index in [1.807, 2.05) is 35.3 Å². The standard InChI is InChI=1S/C8H9N3/c1-2-4-8(5-3-1)11-7-9-6-10-11/h1-5,7,10H,6H2. The summed E-state index contributed by atoms with van der Waals surface area (Å²) in [6, 6.07) is 10.1. The first kappa shape index (κ1) is 6.37. The maximum Gasteiger partial charge on any atom is 0.108 e. The van der Waals surface area contributed by atoms with Crippen LogP contribution < -0.4 is 10.4 Å². The predicted octanol–water partition coefficient (Wildman–Crippen LogP) is 0.997. The number of nitrogens with zero attached hydrogens (tertiary/aromatic N) is 2. The van der Waals surface area contributed by atoms with Crippen LogP contribution in [-0.4, -0.2) is 13.0 Å². The van der Waals surface area contributed by atoms with Crippen LogP contribution in [0, 0.1) is 0 Å². The fourth-order valence-electron chi connectivity index (χ4n) is 1.03. The molecule has 0 atom stereocenters. The first-order valence-electron chi connectivity index (χ1n) is 3.54. The number of hydrogen-bond donors (Lipinski definition) is 1. The van der Waals surface area contributed by atoms with E-state index < -0.39 is 0 Å². The Morgan fingerprint density at radius 1 is 1.27 bits per heavy atom. The molecule has 3 heteroatoms. The molecule has 1 aliphatic rings. The van der Waals surface area contributed by atoms with Gasteiger partial charge >= 0.3 is 0 Å². The van der Waals surface area contributed by atoms with Gasteiger partial charge in [-0.2, -0.15) is 0 Å². The van der Waals surface area contributed by atoms with Crippen molar-refractivity contribution in [2.75, 3.05) is 11.7 Å². The van der Waals surface area contributed by atoms with E-state index in [-0.39, 0.29) is 0 Å². The van der Waals surface area contributed by atoms with Crippen molar-refractivity contribution in [3.63, 3.8) is 0 Å². The van der Waals surface area contributed by atoms with Crippen LogP contribution in [-0.2, 0) is 0 Å². The van der Waals surface area contributed by atoms with Crippen LogP contribution in [0.4, 0.5) is 5.69 Å². The van der Waals surface area contributed by atoms with Gasteiger partial charge in [0.25, 0.3) is 0 Å². The molecule has 0 bridgehead atoms.